The molecular weight excluding hydrogens is 246 g/mol. The predicted octanol–water partition coefficient (Wildman–Crippen LogP) is 2.84. The molecule has 20 heavy (non-hydrogen) atoms. The molecule has 0 bridgehead atoms. The molecule has 0 amide bonds. The molecule has 1 fully saturated rings. The first-order valence-electron chi connectivity index (χ1n) is 7.47. The lowest BCUT2D eigenvalue weighted by molar-refractivity contribution is 0.458. The van der Waals surface area contributed by atoms with Crippen molar-refractivity contribution < 1.29 is 0 Å². The molecule has 0 saturated heterocycles. The lowest BCUT2D eigenvalue weighted by Gasteiger charge is -2.18. The zero-order chi connectivity index (χ0) is 13.9. The Bertz CT molecular complexity index is 552. The number of hydrogen-bond donors (Lipinski definition) is 1. The minimum Gasteiger partial charge on any atom is -0.309 e. The molecule has 1 aromatic carbocycles. The molecule has 2 aromatic rings. The number of rotatable bonds is 6. The van der Waals surface area contributed by atoms with E-state index in [4.69, 9.17) is 0 Å². The van der Waals surface area contributed by atoms with Crippen molar-refractivity contribution in [3.63, 3.8) is 0 Å². The molecule has 1 aromatic heterocycles. The second kappa shape index (κ2) is 5.80. The average molecular weight is 269 g/mol. The molecule has 0 spiro atoms. The van der Waals surface area contributed by atoms with Crippen LogP contribution in [0, 0.1) is 12.8 Å². The minimum absolute atomic E-state index is 0.595. The summed E-state index contributed by atoms with van der Waals surface area (Å²) in [6.07, 6.45) is 7.91. The first kappa shape index (κ1) is 13.4. The number of aryl methyl sites for hydroxylation is 2. The highest BCUT2D eigenvalue weighted by Gasteiger charge is 2.30. The van der Waals surface area contributed by atoms with Gasteiger partial charge in [-0.2, -0.15) is 5.10 Å². The highest BCUT2D eigenvalue weighted by molar-refractivity contribution is 5.22. The summed E-state index contributed by atoms with van der Waals surface area (Å²) in [7, 11) is 1.97. The van der Waals surface area contributed by atoms with Gasteiger partial charge in [0.1, 0.15) is 0 Å². The van der Waals surface area contributed by atoms with Crippen LogP contribution in [0.4, 0.5) is 0 Å². The van der Waals surface area contributed by atoms with Gasteiger partial charge in [0.2, 0.25) is 0 Å². The van der Waals surface area contributed by atoms with Gasteiger partial charge in [0.25, 0.3) is 0 Å². The number of aromatic nitrogens is 2. The summed E-state index contributed by atoms with van der Waals surface area (Å²) in [5.41, 5.74) is 4.04. The zero-order valence-corrected chi connectivity index (χ0v) is 12.3. The van der Waals surface area contributed by atoms with Crippen molar-refractivity contribution in [2.75, 3.05) is 0 Å². The fourth-order valence-corrected chi connectivity index (χ4v) is 2.69. The highest BCUT2D eigenvalue weighted by atomic mass is 15.2. The Morgan fingerprint density at radius 3 is 2.60 bits per heavy atom. The van der Waals surface area contributed by atoms with Crippen molar-refractivity contribution in [3.05, 3.63) is 53.3 Å². The van der Waals surface area contributed by atoms with E-state index in [9.17, 15) is 0 Å². The molecular formula is C17H23N3. The monoisotopic (exact) mass is 269 g/mol. The van der Waals surface area contributed by atoms with Crippen LogP contribution in [0.1, 0.15) is 29.5 Å². The van der Waals surface area contributed by atoms with Crippen LogP contribution in [0.25, 0.3) is 0 Å². The number of benzene rings is 1. The van der Waals surface area contributed by atoms with E-state index >= 15 is 0 Å². The van der Waals surface area contributed by atoms with Gasteiger partial charge in [0.15, 0.2) is 0 Å². The third-order valence-corrected chi connectivity index (χ3v) is 4.09. The molecule has 1 saturated carbocycles. The third-order valence-electron chi connectivity index (χ3n) is 4.09. The van der Waals surface area contributed by atoms with E-state index in [0.717, 1.165) is 18.9 Å². The summed E-state index contributed by atoms with van der Waals surface area (Å²) in [6, 6.07) is 9.53. The van der Waals surface area contributed by atoms with E-state index in [1.165, 1.54) is 29.5 Å². The van der Waals surface area contributed by atoms with Gasteiger partial charge in [-0.1, -0.05) is 29.8 Å². The van der Waals surface area contributed by atoms with Crippen LogP contribution in [0.2, 0.25) is 0 Å². The molecule has 0 radical (unpaired) electrons. The Hall–Kier alpha value is -1.61. The summed E-state index contributed by atoms with van der Waals surface area (Å²) >= 11 is 0. The van der Waals surface area contributed by atoms with Gasteiger partial charge in [-0.25, -0.2) is 0 Å². The normalized spacial score (nSPS) is 16.3. The lowest BCUT2D eigenvalue weighted by Crippen LogP contribution is -2.32. The molecule has 1 N–H and O–H groups in total. The molecule has 3 rings (SSSR count). The van der Waals surface area contributed by atoms with Gasteiger partial charge in [-0.3, -0.25) is 4.68 Å². The molecule has 3 heteroatoms. The van der Waals surface area contributed by atoms with Gasteiger partial charge in [-0.15, -0.1) is 0 Å². The van der Waals surface area contributed by atoms with E-state index in [0.29, 0.717) is 6.04 Å². The second-order valence-corrected chi connectivity index (χ2v) is 6.04. The number of nitrogens with zero attached hydrogens (tertiary/aromatic N) is 2. The van der Waals surface area contributed by atoms with Gasteiger partial charge in [0.05, 0.1) is 6.20 Å². The van der Waals surface area contributed by atoms with Crippen molar-refractivity contribution in [1.82, 2.24) is 15.1 Å². The highest BCUT2D eigenvalue weighted by Crippen LogP contribution is 2.34. The molecule has 106 valence electrons. The van der Waals surface area contributed by atoms with Crippen molar-refractivity contribution in [2.24, 2.45) is 13.0 Å². The maximum absolute atomic E-state index is 4.23. The van der Waals surface area contributed by atoms with Gasteiger partial charge in [-0.05, 0) is 37.7 Å². The van der Waals surface area contributed by atoms with Crippen LogP contribution in [0.15, 0.2) is 36.7 Å². The van der Waals surface area contributed by atoms with Gasteiger partial charge < -0.3 is 5.32 Å². The van der Waals surface area contributed by atoms with E-state index < -0.39 is 0 Å². The molecule has 0 aliphatic heterocycles. The lowest BCUT2D eigenvalue weighted by atomic mass is 10.0. The first-order chi connectivity index (χ1) is 9.70. The van der Waals surface area contributed by atoms with E-state index in [2.05, 4.69) is 47.8 Å². The SMILES string of the molecule is Cc1ccc(C[C@H](NCc2cnn(C)c2)C2CC2)cc1. The Morgan fingerprint density at radius 2 is 2.00 bits per heavy atom. The predicted molar refractivity (Wildman–Crippen MR) is 81.4 cm³/mol. The van der Waals surface area contributed by atoms with Crippen LogP contribution >= 0.6 is 0 Å². The zero-order valence-electron chi connectivity index (χ0n) is 12.3. The number of nitrogens with one attached hydrogen (secondary N) is 1. The molecule has 1 heterocycles. The molecule has 0 unspecified atom stereocenters. The van der Waals surface area contributed by atoms with E-state index in [1.807, 2.05) is 17.9 Å². The van der Waals surface area contributed by atoms with Crippen LogP contribution in [0.5, 0.6) is 0 Å². The Kier molecular flexibility index (Phi) is 3.88. The summed E-state index contributed by atoms with van der Waals surface area (Å²) in [5.74, 6) is 0.855. The van der Waals surface area contributed by atoms with E-state index in [-0.39, 0.29) is 0 Å². The smallest absolute Gasteiger partial charge is 0.0534 e. The van der Waals surface area contributed by atoms with Crippen LogP contribution in [-0.2, 0) is 20.0 Å². The molecule has 1 aliphatic carbocycles. The summed E-state index contributed by atoms with van der Waals surface area (Å²) < 4.78 is 1.86. The van der Waals surface area contributed by atoms with Crippen molar-refractivity contribution in [1.29, 1.82) is 0 Å². The fraction of sp³-hybridized carbons (Fsp3) is 0.471. The van der Waals surface area contributed by atoms with Crippen LogP contribution in [-0.4, -0.2) is 15.8 Å². The summed E-state index contributed by atoms with van der Waals surface area (Å²) in [5, 5.41) is 7.95. The van der Waals surface area contributed by atoms with E-state index in [1.54, 1.807) is 0 Å². The Morgan fingerprint density at radius 1 is 1.25 bits per heavy atom. The Balaban J connectivity index is 1.59. The number of hydrogen-bond acceptors (Lipinski definition) is 2. The second-order valence-electron chi connectivity index (χ2n) is 6.04. The molecule has 3 nitrogen and oxygen atoms in total. The maximum Gasteiger partial charge on any atom is 0.0534 e. The quantitative estimate of drug-likeness (QED) is 0.874. The molecule has 1 aliphatic rings. The van der Waals surface area contributed by atoms with Crippen molar-refractivity contribution in [2.45, 2.75) is 38.8 Å². The largest absolute Gasteiger partial charge is 0.309 e. The average Bonchev–Trinajstić information content (AvgIpc) is 3.20. The topological polar surface area (TPSA) is 29.9 Å². The van der Waals surface area contributed by atoms with Crippen LogP contribution < -0.4 is 5.32 Å². The maximum atomic E-state index is 4.23. The summed E-state index contributed by atoms with van der Waals surface area (Å²) in [4.78, 5) is 0. The third kappa shape index (κ3) is 3.48. The van der Waals surface area contributed by atoms with Gasteiger partial charge in [0, 0.05) is 31.4 Å². The van der Waals surface area contributed by atoms with Crippen LogP contribution in [0.3, 0.4) is 0 Å². The Labute approximate surface area is 121 Å². The fourth-order valence-electron chi connectivity index (χ4n) is 2.69. The van der Waals surface area contributed by atoms with Crippen molar-refractivity contribution >= 4 is 0 Å². The first-order valence-corrected chi connectivity index (χ1v) is 7.47. The molecule has 1 atom stereocenters. The van der Waals surface area contributed by atoms with Crippen molar-refractivity contribution in [3.8, 4) is 0 Å². The summed E-state index contributed by atoms with van der Waals surface area (Å²) in [6.45, 7) is 3.06. The van der Waals surface area contributed by atoms with Gasteiger partial charge >= 0.3 is 0 Å². The standard InChI is InChI=1S/C17H23N3/c1-13-3-5-14(6-4-13)9-17(16-7-8-16)18-10-15-11-19-20(2)12-15/h3-6,11-12,16-18H,7-10H2,1-2H3/t17-/m0/s1. The minimum atomic E-state index is 0.595.